The van der Waals surface area contributed by atoms with Crippen molar-refractivity contribution in [2.45, 2.75) is 475 Å². The van der Waals surface area contributed by atoms with E-state index in [1.807, 2.05) is 0 Å². The molecule has 0 aliphatic rings. The third-order valence-corrected chi connectivity index (χ3v) is 19.1. The highest BCUT2D eigenvalue weighted by molar-refractivity contribution is 5.76. The van der Waals surface area contributed by atoms with Crippen molar-refractivity contribution in [2.75, 3.05) is 13.2 Å². The van der Waals surface area contributed by atoms with E-state index in [1.165, 1.54) is 392 Å². The molecule has 1 amide bonds. The molecule has 0 bridgehead atoms. The van der Waals surface area contributed by atoms with Crippen molar-refractivity contribution in [2.24, 2.45) is 0 Å². The zero-order valence-corrected chi connectivity index (χ0v) is 58.8. The molecule has 0 aromatic carbocycles. The third kappa shape index (κ3) is 71.7. The monoisotopic (exact) mass is 1210 g/mol. The lowest BCUT2D eigenvalue weighted by Gasteiger charge is -2.22. The highest BCUT2D eigenvalue weighted by Crippen LogP contribution is 2.20. The van der Waals surface area contributed by atoms with Crippen molar-refractivity contribution in [1.82, 2.24) is 5.32 Å². The summed E-state index contributed by atoms with van der Waals surface area (Å²) in [4.78, 5) is 24.7. The Morgan fingerprint density at radius 3 is 0.826 bits per heavy atom. The average Bonchev–Trinajstić information content (AvgIpc) is 3.57. The second-order valence-corrected chi connectivity index (χ2v) is 27.8. The number of nitrogens with one attached hydrogen (secondary N) is 1. The number of aliphatic hydroxyl groups excluding tert-OH is 2. The first-order valence-corrected chi connectivity index (χ1v) is 39.9. The van der Waals surface area contributed by atoms with Gasteiger partial charge in [0, 0.05) is 12.8 Å². The van der Waals surface area contributed by atoms with Crippen LogP contribution in [0.15, 0.2) is 12.2 Å². The summed E-state index contributed by atoms with van der Waals surface area (Å²) >= 11 is 0. The molecule has 0 rings (SSSR count). The fourth-order valence-electron chi connectivity index (χ4n) is 13.0. The predicted molar refractivity (Wildman–Crippen MR) is 380 cm³/mol. The van der Waals surface area contributed by atoms with Crippen LogP contribution in [0.4, 0.5) is 0 Å². The van der Waals surface area contributed by atoms with Crippen LogP contribution in [-0.2, 0) is 14.3 Å². The Balaban J connectivity index is 3.34. The molecule has 2 unspecified atom stereocenters. The Labute approximate surface area is 539 Å². The van der Waals surface area contributed by atoms with E-state index < -0.39 is 12.1 Å². The first kappa shape index (κ1) is 84.6. The molecule has 0 heterocycles. The Morgan fingerprint density at radius 2 is 0.547 bits per heavy atom. The highest BCUT2D eigenvalue weighted by atomic mass is 16.5. The molecular formula is C80H157NO5. The van der Waals surface area contributed by atoms with E-state index in [0.29, 0.717) is 25.9 Å². The van der Waals surface area contributed by atoms with Crippen LogP contribution in [0.3, 0.4) is 0 Å². The van der Waals surface area contributed by atoms with Gasteiger partial charge in [0.25, 0.3) is 0 Å². The highest BCUT2D eigenvalue weighted by Gasteiger charge is 2.20. The first-order valence-electron chi connectivity index (χ1n) is 39.9. The van der Waals surface area contributed by atoms with E-state index >= 15 is 0 Å². The van der Waals surface area contributed by atoms with E-state index in [4.69, 9.17) is 4.74 Å². The molecule has 0 saturated heterocycles. The molecule has 0 fully saturated rings. The van der Waals surface area contributed by atoms with Crippen molar-refractivity contribution in [3.63, 3.8) is 0 Å². The third-order valence-electron chi connectivity index (χ3n) is 19.1. The topological polar surface area (TPSA) is 95.9 Å². The molecule has 0 saturated carbocycles. The maximum Gasteiger partial charge on any atom is 0.305 e. The van der Waals surface area contributed by atoms with E-state index in [2.05, 4.69) is 31.3 Å². The summed E-state index contributed by atoms with van der Waals surface area (Å²) in [5, 5.41) is 23.5. The van der Waals surface area contributed by atoms with Gasteiger partial charge in [-0.1, -0.05) is 411 Å². The van der Waals surface area contributed by atoms with Crippen molar-refractivity contribution in [3.05, 3.63) is 12.2 Å². The number of hydrogen-bond donors (Lipinski definition) is 3. The summed E-state index contributed by atoms with van der Waals surface area (Å²) in [6.07, 6.45) is 95.9. The molecule has 0 spiro atoms. The summed E-state index contributed by atoms with van der Waals surface area (Å²) in [6.45, 7) is 5.02. The first-order chi connectivity index (χ1) is 42.5. The summed E-state index contributed by atoms with van der Waals surface area (Å²) < 4.78 is 5.51. The van der Waals surface area contributed by atoms with Gasteiger partial charge in [0.2, 0.25) is 5.91 Å². The Bertz CT molecular complexity index is 1300. The number of aliphatic hydroxyl groups is 2. The van der Waals surface area contributed by atoms with Gasteiger partial charge in [-0.25, -0.2) is 0 Å². The lowest BCUT2D eigenvalue weighted by Crippen LogP contribution is -2.45. The van der Waals surface area contributed by atoms with Crippen molar-refractivity contribution in [1.29, 1.82) is 0 Å². The molecule has 0 radical (unpaired) electrons. The van der Waals surface area contributed by atoms with E-state index in [9.17, 15) is 19.8 Å². The van der Waals surface area contributed by atoms with Crippen LogP contribution in [0.1, 0.15) is 463 Å². The molecule has 6 heteroatoms. The SMILES string of the molecule is CCCCCCCCCCCCCCCCCCCCCCCC(O)C(CO)NC(=O)CCCCCCCCCCCCCCCCC/C=C\CCCCCCCCCCCCCCOC(=O)CCCCCCCCCCCCCCCCCCC. The summed E-state index contributed by atoms with van der Waals surface area (Å²) in [5.41, 5.74) is 0. The predicted octanol–water partition coefficient (Wildman–Crippen LogP) is 26.3. The minimum Gasteiger partial charge on any atom is -0.466 e. The zero-order chi connectivity index (χ0) is 62.0. The number of allylic oxidation sites excluding steroid dienone is 2. The van der Waals surface area contributed by atoms with Crippen LogP contribution < -0.4 is 5.32 Å². The average molecular weight is 1210 g/mol. The van der Waals surface area contributed by atoms with Gasteiger partial charge in [-0.3, -0.25) is 9.59 Å². The van der Waals surface area contributed by atoms with E-state index in [0.717, 1.165) is 38.5 Å². The molecule has 512 valence electrons. The molecule has 0 aromatic heterocycles. The van der Waals surface area contributed by atoms with Crippen LogP contribution in [-0.4, -0.2) is 47.4 Å². The zero-order valence-electron chi connectivity index (χ0n) is 58.8. The van der Waals surface area contributed by atoms with Crippen molar-refractivity contribution >= 4 is 11.9 Å². The van der Waals surface area contributed by atoms with Gasteiger partial charge < -0.3 is 20.3 Å². The Hall–Kier alpha value is -1.40. The maximum absolute atomic E-state index is 12.6. The van der Waals surface area contributed by atoms with Crippen LogP contribution in [0.2, 0.25) is 0 Å². The Kier molecular flexibility index (Phi) is 74.8. The number of rotatable bonds is 76. The fourth-order valence-corrected chi connectivity index (χ4v) is 13.0. The van der Waals surface area contributed by atoms with Crippen molar-refractivity contribution in [3.8, 4) is 0 Å². The second-order valence-electron chi connectivity index (χ2n) is 27.8. The lowest BCUT2D eigenvalue weighted by molar-refractivity contribution is -0.143. The molecular weight excluding hydrogens is 1050 g/mol. The van der Waals surface area contributed by atoms with Crippen LogP contribution in [0.5, 0.6) is 0 Å². The quantitative estimate of drug-likeness (QED) is 0.0320. The van der Waals surface area contributed by atoms with Gasteiger partial charge in [-0.15, -0.1) is 0 Å². The molecule has 3 N–H and O–H groups in total. The number of ether oxygens (including phenoxy) is 1. The lowest BCUT2D eigenvalue weighted by atomic mass is 10.0. The fraction of sp³-hybridized carbons (Fsp3) is 0.950. The molecule has 0 aliphatic carbocycles. The van der Waals surface area contributed by atoms with E-state index in [-0.39, 0.29) is 18.5 Å². The Morgan fingerprint density at radius 1 is 0.314 bits per heavy atom. The molecule has 6 nitrogen and oxygen atoms in total. The standard InChI is InChI=1S/C80H157NO5/c1-3-5-7-9-11-13-15-17-19-21-22-34-37-41-44-48-52-56-60-64-68-72-78(83)77(76-82)81-79(84)73-69-65-61-57-53-49-45-42-38-35-32-30-28-26-24-23-25-27-29-31-33-36-39-43-47-51-55-59-63-67-71-75-86-80(85)74-70-66-62-58-54-50-46-40-20-18-16-14-12-10-8-6-4-2/h25,27,77-78,82-83H,3-24,26,28-76H2,1-2H3,(H,81,84)/b27-25-. The minimum absolute atomic E-state index is 0.0230. The smallest absolute Gasteiger partial charge is 0.305 e. The number of unbranched alkanes of at least 4 members (excludes halogenated alkanes) is 63. The van der Waals surface area contributed by atoms with Gasteiger partial charge in [-0.2, -0.15) is 0 Å². The molecule has 2 atom stereocenters. The second kappa shape index (κ2) is 76.1. The summed E-state index contributed by atoms with van der Waals surface area (Å²) in [6, 6.07) is -0.540. The summed E-state index contributed by atoms with van der Waals surface area (Å²) in [7, 11) is 0. The van der Waals surface area contributed by atoms with Gasteiger partial charge in [0.05, 0.1) is 25.4 Å². The molecule has 86 heavy (non-hydrogen) atoms. The number of esters is 1. The largest absolute Gasteiger partial charge is 0.466 e. The van der Waals surface area contributed by atoms with Crippen LogP contribution in [0, 0.1) is 0 Å². The van der Waals surface area contributed by atoms with Crippen LogP contribution >= 0.6 is 0 Å². The summed E-state index contributed by atoms with van der Waals surface area (Å²) in [5.74, 6) is -0.00418. The number of hydrogen-bond acceptors (Lipinski definition) is 5. The van der Waals surface area contributed by atoms with Gasteiger partial charge in [0.1, 0.15) is 0 Å². The molecule has 0 aliphatic heterocycles. The van der Waals surface area contributed by atoms with E-state index in [1.54, 1.807) is 0 Å². The van der Waals surface area contributed by atoms with Gasteiger partial charge in [-0.05, 0) is 51.4 Å². The normalized spacial score (nSPS) is 12.5. The van der Waals surface area contributed by atoms with Crippen LogP contribution in [0.25, 0.3) is 0 Å². The van der Waals surface area contributed by atoms with Gasteiger partial charge in [0.15, 0.2) is 0 Å². The molecule has 0 aromatic rings. The number of carbonyl (C=O) groups excluding carboxylic acids is 2. The number of amides is 1. The van der Waals surface area contributed by atoms with Gasteiger partial charge >= 0.3 is 5.97 Å². The number of carbonyl (C=O) groups is 2. The minimum atomic E-state index is -0.663. The van der Waals surface area contributed by atoms with Crippen molar-refractivity contribution < 1.29 is 24.5 Å². The maximum atomic E-state index is 12.6.